The molecule has 0 aromatic heterocycles. The van der Waals surface area contributed by atoms with Crippen molar-refractivity contribution >= 4 is 5.97 Å². The Morgan fingerprint density at radius 3 is 2.89 bits per heavy atom. The third-order valence-electron chi connectivity index (χ3n) is 3.42. The van der Waals surface area contributed by atoms with Crippen LogP contribution in [0.25, 0.3) is 0 Å². The number of methoxy groups -OCH3 is 1. The van der Waals surface area contributed by atoms with Crippen LogP contribution in [0.3, 0.4) is 0 Å². The topological polar surface area (TPSA) is 44.8 Å². The van der Waals surface area contributed by atoms with E-state index in [1.165, 1.54) is 0 Å². The molecule has 104 valence electrons. The first kappa shape index (κ1) is 13.9. The summed E-state index contributed by atoms with van der Waals surface area (Å²) in [6.07, 6.45) is 1.33. The van der Waals surface area contributed by atoms with Gasteiger partial charge in [0.2, 0.25) is 0 Å². The Bertz CT molecular complexity index is 493. The highest BCUT2D eigenvalue weighted by atomic mass is 16.5. The van der Waals surface area contributed by atoms with E-state index in [1.54, 1.807) is 14.0 Å². The minimum atomic E-state index is -0.239. The van der Waals surface area contributed by atoms with E-state index < -0.39 is 0 Å². The van der Waals surface area contributed by atoms with Crippen LogP contribution in [0.1, 0.15) is 37.0 Å². The minimum absolute atomic E-state index is 0.176. The van der Waals surface area contributed by atoms with Gasteiger partial charge in [0.25, 0.3) is 0 Å². The standard InChI is InChI=1S/C15H20O4/c1-5-14(16)19-15-10(3)13(17-4)7-11-6-9(2)18-8-12(11)15/h7,9H,5-6,8H2,1-4H3. The Kier molecular flexibility index (Phi) is 4.10. The van der Waals surface area contributed by atoms with Crippen LogP contribution in [0.15, 0.2) is 6.07 Å². The zero-order valence-electron chi connectivity index (χ0n) is 11.9. The highest BCUT2D eigenvalue weighted by molar-refractivity contribution is 5.74. The maximum absolute atomic E-state index is 11.6. The number of carbonyl (C=O) groups is 1. The lowest BCUT2D eigenvalue weighted by atomic mass is 9.95. The van der Waals surface area contributed by atoms with Crippen molar-refractivity contribution in [1.82, 2.24) is 0 Å². The molecule has 0 amide bonds. The smallest absolute Gasteiger partial charge is 0.310 e. The number of rotatable bonds is 3. The van der Waals surface area contributed by atoms with E-state index in [0.29, 0.717) is 18.8 Å². The molecule has 0 N–H and O–H groups in total. The third-order valence-corrected chi connectivity index (χ3v) is 3.42. The van der Waals surface area contributed by atoms with Crippen molar-refractivity contribution in [2.45, 2.75) is 46.3 Å². The predicted octanol–water partition coefficient (Wildman–Crippen LogP) is 2.78. The molecule has 1 aliphatic heterocycles. The molecule has 1 atom stereocenters. The van der Waals surface area contributed by atoms with Gasteiger partial charge in [0.1, 0.15) is 11.5 Å². The summed E-state index contributed by atoms with van der Waals surface area (Å²) in [6, 6.07) is 2.02. The molecule has 0 bridgehead atoms. The van der Waals surface area contributed by atoms with Gasteiger partial charge in [-0.1, -0.05) is 6.92 Å². The van der Waals surface area contributed by atoms with Gasteiger partial charge >= 0.3 is 5.97 Å². The first-order chi connectivity index (χ1) is 9.06. The third kappa shape index (κ3) is 2.73. The summed E-state index contributed by atoms with van der Waals surface area (Å²) in [5.41, 5.74) is 2.96. The zero-order chi connectivity index (χ0) is 14.0. The molecule has 2 rings (SSSR count). The van der Waals surface area contributed by atoms with Crippen LogP contribution >= 0.6 is 0 Å². The molecule has 1 aliphatic rings. The van der Waals surface area contributed by atoms with Crippen molar-refractivity contribution in [1.29, 1.82) is 0 Å². The summed E-state index contributed by atoms with van der Waals surface area (Å²) >= 11 is 0. The maximum atomic E-state index is 11.6. The van der Waals surface area contributed by atoms with E-state index >= 15 is 0 Å². The van der Waals surface area contributed by atoms with E-state index in [0.717, 1.165) is 28.9 Å². The summed E-state index contributed by atoms with van der Waals surface area (Å²) < 4.78 is 16.5. The Morgan fingerprint density at radius 1 is 1.53 bits per heavy atom. The lowest BCUT2D eigenvalue weighted by Gasteiger charge is -2.26. The maximum Gasteiger partial charge on any atom is 0.310 e. The lowest BCUT2D eigenvalue weighted by Crippen LogP contribution is -2.21. The molecule has 1 unspecified atom stereocenters. The number of hydrogen-bond acceptors (Lipinski definition) is 4. The number of carbonyl (C=O) groups excluding carboxylic acids is 1. The molecule has 0 saturated heterocycles. The van der Waals surface area contributed by atoms with E-state index in [9.17, 15) is 4.79 Å². The lowest BCUT2D eigenvalue weighted by molar-refractivity contribution is -0.134. The number of fused-ring (bicyclic) bond motifs is 1. The average Bonchev–Trinajstić information content (AvgIpc) is 2.41. The quantitative estimate of drug-likeness (QED) is 0.622. The Balaban J connectivity index is 2.49. The highest BCUT2D eigenvalue weighted by Gasteiger charge is 2.24. The summed E-state index contributed by atoms with van der Waals surface area (Å²) in [5.74, 6) is 1.12. The number of hydrogen-bond donors (Lipinski definition) is 0. The van der Waals surface area contributed by atoms with Crippen LogP contribution in [0.4, 0.5) is 0 Å². The normalized spacial score (nSPS) is 17.8. The van der Waals surface area contributed by atoms with Crippen molar-refractivity contribution in [3.8, 4) is 11.5 Å². The van der Waals surface area contributed by atoms with Crippen LogP contribution in [0.5, 0.6) is 11.5 Å². The molecule has 0 aliphatic carbocycles. The SMILES string of the molecule is CCC(=O)Oc1c(C)c(OC)cc2c1COC(C)C2. The van der Waals surface area contributed by atoms with Gasteiger partial charge in [-0.25, -0.2) is 0 Å². The zero-order valence-corrected chi connectivity index (χ0v) is 11.9. The van der Waals surface area contributed by atoms with E-state index in [1.807, 2.05) is 19.9 Å². The largest absolute Gasteiger partial charge is 0.496 e. The molecule has 0 radical (unpaired) electrons. The number of benzene rings is 1. The second kappa shape index (κ2) is 5.61. The Hall–Kier alpha value is -1.55. The first-order valence-corrected chi connectivity index (χ1v) is 6.58. The number of esters is 1. The fourth-order valence-corrected chi connectivity index (χ4v) is 2.31. The molecule has 1 aromatic carbocycles. The van der Waals surface area contributed by atoms with Crippen LogP contribution in [0.2, 0.25) is 0 Å². The summed E-state index contributed by atoms with van der Waals surface area (Å²) in [6.45, 7) is 6.19. The van der Waals surface area contributed by atoms with Crippen molar-refractivity contribution in [2.24, 2.45) is 0 Å². The van der Waals surface area contributed by atoms with E-state index in [2.05, 4.69) is 0 Å². The van der Waals surface area contributed by atoms with Crippen LogP contribution in [0, 0.1) is 6.92 Å². The molecule has 19 heavy (non-hydrogen) atoms. The van der Waals surface area contributed by atoms with Crippen molar-refractivity contribution < 1.29 is 19.0 Å². The van der Waals surface area contributed by atoms with Crippen molar-refractivity contribution in [3.05, 3.63) is 22.8 Å². The number of ether oxygens (including phenoxy) is 3. The predicted molar refractivity (Wildman–Crippen MR) is 71.6 cm³/mol. The fraction of sp³-hybridized carbons (Fsp3) is 0.533. The van der Waals surface area contributed by atoms with Gasteiger partial charge in [-0.15, -0.1) is 0 Å². The van der Waals surface area contributed by atoms with Gasteiger partial charge in [-0.05, 0) is 31.9 Å². The van der Waals surface area contributed by atoms with Gasteiger partial charge in [0.15, 0.2) is 0 Å². The van der Waals surface area contributed by atoms with Crippen molar-refractivity contribution in [3.63, 3.8) is 0 Å². The molecule has 0 spiro atoms. The first-order valence-electron chi connectivity index (χ1n) is 6.58. The van der Waals surface area contributed by atoms with E-state index in [-0.39, 0.29) is 12.1 Å². The molecule has 0 fully saturated rings. The average molecular weight is 264 g/mol. The molecule has 4 heteroatoms. The van der Waals surface area contributed by atoms with Gasteiger partial charge in [0, 0.05) is 17.5 Å². The second-order valence-electron chi connectivity index (χ2n) is 4.82. The van der Waals surface area contributed by atoms with Gasteiger partial charge in [-0.3, -0.25) is 4.79 Å². The molecular weight excluding hydrogens is 244 g/mol. The van der Waals surface area contributed by atoms with Gasteiger partial charge < -0.3 is 14.2 Å². The second-order valence-corrected chi connectivity index (χ2v) is 4.82. The van der Waals surface area contributed by atoms with E-state index in [4.69, 9.17) is 14.2 Å². The van der Waals surface area contributed by atoms with Gasteiger partial charge in [0.05, 0.1) is 19.8 Å². The van der Waals surface area contributed by atoms with Crippen molar-refractivity contribution in [2.75, 3.05) is 7.11 Å². The molecule has 0 saturated carbocycles. The summed E-state index contributed by atoms with van der Waals surface area (Å²) in [7, 11) is 1.63. The fourth-order valence-electron chi connectivity index (χ4n) is 2.31. The van der Waals surface area contributed by atoms with Crippen LogP contribution in [-0.2, 0) is 22.6 Å². The Labute approximate surface area is 113 Å². The summed E-state index contributed by atoms with van der Waals surface area (Å²) in [5, 5.41) is 0. The van der Waals surface area contributed by atoms with Crippen LogP contribution < -0.4 is 9.47 Å². The minimum Gasteiger partial charge on any atom is -0.496 e. The van der Waals surface area contributed by atoms with Gasteiger partial charge in [-0.2, -0.15) is 0 Å². The highest BCUT2D eigenvalue weighted by Crippen LogP contribution is 2.38. The van der Waals surface area contributed by atoms with Crippen LogP contribution in [-0.4, -0.2) is 19.2 Å². The summed E-state index contributed by atoms with van der Waals surface area (Å²) in [4.78, 5) is 11.6. The monoisotopic (exact) mass is 264 g/mol. The molecule has 1 heterocycles. The molecular formula is C15H20O4. The molecule has 4 nitrogen and oxygen atoms in total. The Morgan fingerprint density at radius 2 is 2.26 bits per heavy atom. The molecule has 1 aromatic rings.